The van der Waals surface area contributed by atoms with Crippen LogP contribution in [0, 0.1) is 20.8 Å². The summed E-state index contributed by atoms with van der Waals surface area (Å²) in [4.78, 5) is 9.25. The molecule has 0 amide bonds. The first kappa shape index (κ1) is 22.7. The molecule has 0 fully saturated rings. The molecule has 0 saturated heterocycles. The molecule has 4 aromatic rings. The van der Waals surface area contributed by atoms with Crippen molar-refractivity contribution >= 4 is 11.1 Å². The molecule has 2 nitrogen and oxygen atoms in total. The van der Waals surface area contributed by atoms with E-state index in [1.54, 1.807) is 12.4 Å². The largest absolute Gasteiger partial charge is 0.237 e. The molecule has 1 aliphatic rings. The number of nitrogens with zero attached hydrogens (tertiary/aromatic N) is 2. The van der Waals surface area contributed by atoms with E-state index in [0.717, 1.165) is 33.4 Å². The molecule has 5 rings (SSSR count). The van der Waals surface area contributed by atoms with E-state index < -0.39 is 11.8 Å². The van der Waals surface area contributed by atoms with E-state index in [1.807, 2.05) is 33.8 Å². The first-order valence-electron chi connectivity index (χ1n) is 14.2. The van der Waals surface area contributed by atoms with Crippen LogP contribution in [-0.2, 0) is 0 Å². The average molecular weight is 489 g/mol. The number of hydrogen-bond donors (Lipinski definition) is 0. The summed E-state index contributed by atoms with van der Waals surface area (Å²) in [6, 6.07) is 19.1. The fourth-order valence-electron chi connectivity index (χ4n) is 6.54. The highest BCUT2D eigenvalue weighted by molar-refractivity contribution is 6.01. The van der Waals surface area contributed by atoms with E-state index in [-0.39, 0.29) is 5.92 Å². The van der Waals surface area contributed by atoms with E-state index in [2.05, 4.69) is 86.2 Å². The average Bonchev–Trinajstić information content (AvgIpc) is 3.15. The van der Waals surface area contributed by atoms with Crippen molar-refractivity contribution < 1.29 is 2.74 Å². The van der Waals surface area contributed by atoms with Gasteiger partial charge >= 0.3 is 0 Å². The van der Waals surface area contributed by atoms with Crippen LogP contribution in [0.3, 0.4) is 0 Å². The van der Waals surface area contributed by atoms with Crippen molar-refractivity contribution in [2.24, 2.45) is 0 Å². The second kappa shape index (κ2) is 9.74. The van der Waals surface area contributed by atoms with E-state index >= 15 is 0 Å². The molecule has 37 heavy (non-hydrogen) atoms. The standard InChI is InChI=1S/C35H38N2/c1-20(2)29-24(7)31(35-36-18-13-19-37-35)25(8)30(21(3)4)34(29)33-28-17-12-11-16-27(28)23(6)32(33)26-15-10-9-14-22(26)5/h9-21,33H,1-8H3/i20D,21D. The molecule has 0 aliphatic heterocycles. The van der Waals surface area contributed by atoms with E-state index in [4.69, 9.17) is 0 Å². The van der Waals surface area contributed by atoms with Crippen LogP contribution in [0.1, 0.15) is 105 Å². The molecule has 0 bridgehead atoms. The number of fused-ring (bicyclic) bond motifs is 1. The molecule has 1 aliphatic carbocycles. The number of allylic oxidation sites excluding steroid dienone is 2. The predicted molar refractivity (Wildman–Crippen MR) is 157 cm³/mol. The van der Waals surface area contributed by atoms with Gasteiger partial charge in [-0.1, -0.05) is 76.2 Å². The molecule has 1 unspecified atom stereocenters. The van der Waals surface area contributed by atoms with E-state index in [1.165, 1.54) is 33.4 Å². The third-order valence-electron chi connectivity index (χ3n) is 7.92. The van der Waals surface area contributed by atoms with Gasteiger partial charge in [0.25, 0.3) is 0 Å². The zero-order chi connectivity index (χ0) is 28.3. The second-order valence-electron chi connectivity index (χ2n) is 10.7. The van der Waals surface area contributed by atoms with Gasteiger partial charge in [0.1, 0.15) is 0 Å². The van der Waals surface area contributed by atoms with Crippen LogP contribution < -0.4 is 0 Å². The summed E-state index contributed by atoms with van der Waals surface area (Å²) < 4.78 is 19.0. The Morgan fingerprint density at radius 3 is 1.81 bits per heavy atom. The van der Waals surface area contributed by atoms with E-state index in [9.17, 15) is 2.74 Å². The van der Waals surface area contributed by atoms with Gasteiger partial charge in [-0.2, -0.15) is 0 Å². The molecule has 188 valence electrons. The van der Waals surface area contributed by atoms with Crippen molar-refractivity contribution in [3.63, 3.8) is 0 Å². The minimum Gasteiger partial charge on any atom is -0.237 e. The molecule has 1 aromatic heterocycles. The molecule has 1 heterocycles. The lowest BCUT2D eigenvalue weighted by molar-refractivity contribution is 0.780. The highest BCUT2D eigenvalue weighted by atomic mass is 14.9. The maximum Gasteiger partial charge on any atom is 0.159 e. The van der Waals surface area contributed by atoms with Crippen molar-refractivity contribution in [2.75, 3.05) is 0 Å². The minimum atomic E-state index is -0.918. The van der Waals surface area contributed by atoms with Crippen LogP contribution in [0.15, 0.2) is 67.0 Å². The lowest BCUT2D eigenvalue weighted by atomic mass is 9.71. The van der Waals surface area contributed by atoms with Crippen molar-refractivity contribution in [3.05, 3.63) is 117 Å². The first-order chi connectivity index (χ1) is 18.3. The third kappa shape index (κ3) is 4.03. The fraction of sp³-hybridized carbons (Fsp3) is 0.314. The van der Waals surface area contributed by atoms with Crippen LogP contribution >= 0.6 is 0 Å². The number of aryl methyl sites for hydroxylation is 1. The number of aromatic nitrogens is 2. The molecule has 0 N–H and O–H groups in total. The summed E-state index contributed by atoms with van der Waals surface area (Å²) in [7, 11) is 0. The molecule has 0 saturated carbocycles. The molecule has 0 radical (unpaired) electrons. The lowest BCUT2D eigenvalue weighted by Crippen LogP contribution is -2.16. The summed E-state index contributed by atoms with van der Waals surface area (Å²) in [6.45, 7) is 16.5. The predicted octanol–water partition coefficient (Wildman–Crippen LogP) is 9.39. The van der Waals surface area contributed by atoms with E-state index in [0.29, 0.717) is 5.82 Å². The molecule has 0 spiro atoms. The van der Waals surface area contributed by atoms with Gasteiger partial charge in [0.05, 0.1) is 0 Å². The number of benzene rings is 3. The van der Waals surface area contributed by atoms with Crippen LogP contribution in [0.4, 0.5) is 0 Å². The zero-order valence-electron chi connectivity index (χ0n) is 25.3. The van der Waals surface area contributed by atoms with Gasteiger partial charge in [0, 0.05) is 26.6 Å². The van der Waals surface area contributed by atoms with Gasteiger partial charge in [-0.3, -0.25) is 0 Å². The normalized spacial score (nSPS) is 16.5. The van der Waals surface area contributed by atoms with Gasteiger partial charge in [0.2, 0.25) is 0 Å². The highest BCUT2D eigenvalue weighted by Gasteiger charge is 2.37. The van der Waals surface area contributed by atoms with Gasteiger partial charge in [-0.15, -0.1) is 0 Å². The second-order valence-corrected chi connectivity index (χ2v) is 10.7. The van der Waals surface area contributed by atoms with Gasteiger partial charge < -0.3 is 0 Å². The first-order valence-corrected chi connectivity index (χ1v) is 13.2. The summed E-state index contributed by atoms with van der Waals surface area (Å²) in [6.07, 6.45) is 3.53. The van der Waals surface area contributed by atoms with Gasteiger partial charge in [-0.25, -0.2) is 9.97 Å². The Kier molecular flexibility index (Phi) is 5.97. The number of rotatable bonds is 5. The van der Waals surface area contributed by atoms with Crippen LogP contribution in [-0.4, -0.2) is 9.97 Å². The molecule has 3 aromatic carbocycles. The van der Waals surface area contributed by atoms with Gasteiger partial charge in [0.15, 0.2) is 5.82 Å². The summed E-state index contributed by atoms with van der Waals surface area (Å²) in [5.41, 5.74) is 13.5. The van der Waals surface area contributed by atoms with Crippen molar-refractivity contribution in [1.82, 2.24) is 9.97 Å². The minimum absolute atomic E-state index is 0.0929. The summed E-state index contributed by atoms with van der Waals surface area (Å²) in [5, 5.41) is 0. The SMILES string of the molecule is [2H]C(C)(C)c1c(C)c(-c2ncccn2)c(C)c(C([2H])(C)C)c1C1C(c2ccccc2C)=C(C)c2ccccc21. The Hall–Kier alpha value is -3.52. The monoisotopic (exact) mass is 488 g/mol. The molecular weight excluding hydrogens is 448 g/mol. The topological polar surface area (TPSA) is 25.8 Å². The zero-order valence-corrected chi connectivity index (χ0v) is 23.3. The van der Waals surface area contributed by atoms with Crippen LogP contribution in [0.5, 0.6) is 0 Å². The van der Waals surface area contributed by atoms with Crippen molar-refractivity contribution in [1.29, 1.82) is 0 Å². The highest BCUT2D eigenvalue weighted by Crippen LogP contribution is 2.55. The fourth-order valence-corrected chi connectivity index (χ4v) is 6.54. The lowest BCUT2D eigenvalue weighted by Gasteiger charge is -2.32. The van der Waals surface area contributed by atoms with Crippen LogP contribution in [0.2, 0.25) is 0 Å². The Labute approximate surface area is 225 Å². The summed E-state index contributed by atoms with van der Waals surface area (Å²) >= 11 is 0. The van der Waals surface area contributed by atoms with Crippen LogP contribution in [0.25, 0.3) is 22.5 Å². The van der Waals surface area contributed by atoms with Crippen molar-refractivity contribution in [2.45, 2.75) is 73.1 Å². The van der Waals surface area contributed by atoms with Crippen molar-refractivity contribution in [3.8, 4) is 11.4 Å². The Morgan fingerprint density at radius 2 is 1.24 bits per heavy atom. The molecule has 1 atom stereocenters. The molecular formula is C35H38N2. The molecule has 2 heteroatoms. The van der Waals surface area contributed by atoms with Gasteiger partial charge in [-0.05, 0) is 107 Å². The number of hydrogen-bond acceptors (Lipinski definition) is 2. The quantitative estimate of drug-likeness (QED) is 0.280. The maximum absolute atomic E-state index is 9.48. The maximum atomic E-state index is 9.48. The Morgan fingerprint density at radius 1 is 0.703 bits per heavy atom. The Bertz CT molecular complexity index is 1560. The summed E-state index contributed by atoms with van der Waals surface area (Å²) in [5.74, 6) is -1.28. The smallest absolute Gasteiger partial charge is 0.159 e. The Balaban J connectivity index is 1.99. The third-order valence-corrected chi connectivity index (χ3v) is 7.92.